The van der Waals surface area contributed by atoms with Crippen molar-refractivity contribution < 1.29 is 14.0 Å². The first-order chi connectivity index (χ1) is 9.65. The maximum Gasteiger partial charge on any atom is 0.243 e. The third-order valence-corrected chi connectivity index (χ3v) is 3.20. The van der Waals surface area contributed by atoms with Crippen LogP contribution in [0.3, 0.4) is 0 Å². The molecule has 5 nitrogen and oxygen atoms in total. The smallest absolute Gasteiger partial charge is 0.243 e. The number of carbonyl (C=O) groups excluding carboxylic acids is 2. The minimum atomic E-state index is -0.417. The zero-order valence-electron chi connectivity index (χ0n) is 11.1. The summed E-state index contributed by atoms with van der Waals surface area (Å²) < 4.78 is 12.9. The van der Waals surface area contributed by atoms with Crippen LogP contribution in [-0.4, -0.2) is 31.4 Å². The van der Waals surface area contributed by atoms with Gasteiger partial charge in [-0.25, -0.2) is 4.39 Å². The van der Waals surface area contributed by atoms with E-state index in [9.17, 15) is 14.0 Å². The van der Waals surface area contributed by atoms with Gasteiger partial charge in [0.1, 0.15) is 5.82 Å². The lowest BCUT2D eigenvalue weighted by Gasteiger charge is -2.21. The number of rotatable bonds is 4. The molecule has 1 aromatic carbocycles. The van der Waals surface area contributed by atoms with Gasteiger partial charge in [-0.3, -0.25) is 9.59 Å². The number of piperidine rings is 1. The molecule has 1 saturated heterocycles. The molecule has 1 fully saturated rings. The van der Waals surface area contributed by atoms with Crippen molar-refractivity contribution in [2.24, 2.45) is 5.92 Å². The van der Waals surface area contributed by atoms with Gasteiger partial charge in [0, 0.05) is 12.2 Å². The van der Waals surface area contributed by atoms with Crippen molar-refractivity contribution in [2.45, 2.75) is 12.8 Å². The van der Waals surface area contributed by atoms with E-state index in [1.165, 1.54) is 18.2 Å². The molecule has 0 bridgehead atoms. The molecular weight excluding hydrogens is 261 g/mol. The minimum Gasteiger partial charge on any atom is -0.347 e. The summed E-state index contributed by atoms with van der Waals surface area (Å²) in [4.78, 5) is 23.5. The number of carbonyl (C=O) groups is 2. The van der Waals surface area contributed by atoms with Crippen molar-refractivity contribution in [1.82, 2.24) is 10.6 Å². The van der Waals surface area contributed by atoms with Crippen molar-refractivity contribution in [2.75, 3.05) is 25.0 Å². The fraction of sp³-hybridized carbons (Fsp3) is 0.429. The van der Waals surface area contributed by atoms with Crippen LogP contribution in [0.4, 0.5) is 10.1 Å². The zero-order valence-corrected chi connectivity index (χ0v) is 11.1. The summed E-state index contributed by atoms with van der Waals surface area (Å²) in [7, 11) is 0. The monoisotopic (exact) mass is 279 g/mol. The van der Waals surface area contributed by atoms with Crippen LogP contribution in [0.5, 0.6) is 0 Å². The molecule has 0 saturated carbocycles. The molecule has 6 heteroatoms. The highest BCUT2D eigenvalue weighted by molar-refractivity contribution is 5.94. The predicted octanol–water partition coefficient (Wildman–Crippen LogP) is 0.880. The number of amides is 2. The lowest BCUT2D eigenvalue weighted by molar-refractivity contribution is -0.127. The van der Waals surface area contributed by atoms with Gasteiger partial charge in [0.05, 0.1) is 12.5 Å². The number of hydrogen-bond donors (Lipinski definition) is 3. The zero-order chi connectivity index (χ0) is 14.4. The van der Waals surface area contributed by atoms with Gasteiger partial charge in [-0.05, 0) is 37.6 Å². The number of nitrogens with one attached hydrogen (secondary N) is 3. The Bertz CT molecular complexity index is 487. The van der Waals surface area contributed by atoms with E-state index in [0.717, 1.165) is 19.4 Å². The van der Waals surface area contributed by atoms with E-state index in [2.05, 4.69) is 16.0 Å². The Balaban J connectivity index is 1.75. The third-order valence-electron chi connectivity index (χ3n) is 3.20. The second-order valence-corrected chi connectivity index (χ2v) is 4.82. The number of hydrogen-bond acceptors (Lipinski definition) is 3. The normalized spacial score (nSPS) is 18.4. The molecule has 0 aromatic heterocycles. The highest BCUT2D eigenvalue weighted by Gasteiger charge is 2.20. The topological polar surface area (TPSA) is 70.2 Å². The first-order valence-electron chi connectivity index (χ1n) is 6.69. The SMILES string of the molecule is O=C(CNC(=O)C1CCCNC1)Nc1cccc(F)c1. The number of halogens is 1. The highest BCUT2D eigenvalue weighted by Crippen LogP contribution is 2.10. The Kier molecular flexibility index (Phi) is 5.06. The largest absolute Gasteiger partial charge is 0.347 e. The molecule has 1 aliphatic rings. The van der Waals surface area contributed by atoms with Crippen molar-refractivity contribution >= 4 is 17.5 Å². The van der Waals surface area contributed by atoms with Crippen LogP contribution in [-0.2, 0) is 9.59 Å². The lowest BCUT2D eigenvalue weighted by Crippen LogP contribution is -2.42. The van der Waals surface area contributed by atoms with E-state index in [1.807, 2.05) is 0 Å². The summed E-state index contributed by atoms with van der Waals surface area (Å²) in [5.41, 5.74) is 0.378. The van der Waals surface area contributed by atoms with Gasteiger partial charge in [0.2, 0.25) is 11.8 Å². The maximum absolute atomic E-state index is 12.9. The van der Waals surface area contributed by atoms with E-state index in [4.69, 9.17) is 0 Å². The van der Waals surface area contributed by atoms with Crippen molar-refractivity contribution in [3.63, 3.8) is 0 Å². The van der Waals surface area contributed by atoms with Crippen molar-refractivity contribution in [3.05, 3.63) is 30.1 Å². The van der Waals surface area contributed by atoms with Gasteiger partial charge in [-0.15, -0.1) is 0 Å². The molecule has 2 amide bonds. The Labute approximate surface area is 116 Å². The minimum absolute atomic E-state index is 0.0780. The van der Waals surface area contributed by atoms with Crippen LogP contribution in [0, 0.1) is 11.7 Å². The molecule has 2 rings (SSSR count). The summed E-state index contributed by atoms with van der Waals surface area (Å²) in [5, 5.41) is 8.28. The molecule has 108 valence electrons. The molecule has 0 aliphatic carbocycles. The average Bonchev–Trinajstić information content (AvgIpc) is 2.46. The number of anilines is 1. The summed E-state index contributed by atoms with van der Waals surface area (Å²) in [6.07, 6.45) is 1.80. The van der Waals surface area contributed by atoms with E-state index < -0.39 is 5.82 Å². The molecule has 1 aromatic rings. The van der Waals surface area contributed by atoms with Crippen LogP contribution in [0.1, 0.15) is 12.8 Å². The van der Waals surface area contributed by atoms with Crippen LogP contribution in [0.15, 0.2) is 24.3 Å². The summed E-state index contributed by atoms with van der Waals surface area (Å²) in [6.45, 7) is 1.48. The molecular formula is C14H18FN3O2. The molecule has 1 aliphatic heterocycles. The molecule has 20 heavy (non-hydrogen) atoms. The van der Waals surface area contributed by atoms with Crippen LogP contribution >= 0.6 is 0 Å². The summed E-state index contributed by atoms with van der Waals surface area (Å²) in [6, 6.07) is 5.63. The van der Waals surface area contributed by atoms with Gasteiger partial charge in [-0.2, -0.15) is 0 Å². The van der Waals surface area contributed by atoms with Gasteiger partial charge in [0.25, 0.3) is 0 Å². The fourth-order valence-corrected chi connectivity index (χ4v) is 2.16. The summed E-state index contributed by atoms with van der Waals surface area (Å²) >= 11 is 0. The van der Waals surface area contributed by atoms with Crippen LogP contribution in [0.2, 0.25) is 0 Å². The second-order valence-electron chi connectivity index (χ2n) is 4.82. The van der Waals surface area contributed by atoms with Crippen LogP contribution < -0.4 is 16.0 Å². The maximum atomic E-state index is 12.9. The van der Waals surface area contributed by atoms with E-state index >= 15 is 0 Å². The molecule has 3 N–H and O–H groups in total. The Morgan fingerprint density at radius 3 is 2.95 bits per heavy atom. The van der Waals surface area contributed by atoms with E-state index in [0.29, 0.717) is 12.2 Å². The molecule has 1 heterocycles. The standard InChI is InChI=1S/C14H18FN3O2/c15-11-4-1-5-12(7-11)18-13(19)9-17-14(20)10-3-2-6-16-8-10/h1,4-5,7,10,16H,2-3,6,8-9H2,(H,17,20)(H,18,19). The van der Waals surface area contributed by atoms with E-state index in [-0.39, 0.29) is 24.3 Å². The second kappa shape index (κ2) is 7.00. The van der Waals surface area contributed by atoms with Crippen LogP contribution in [0.25, 0.3) is 0 Å². The van der Waals surface area contributed by atoms with Crippen molar-refractivity contribution in [3.8, 4) is 0 Å². The molecule has 0 radical (unpaired) electrons. The first-order valence-corrected chi connectivity index (χ1v) is 6.69. The molecule has 1 unspecified atom stereocenters. The summed E-state index contributed by atoms with van der Waals surface area (Å²) in [5.74, 6) is -0.981. The third kappa shape index (κ3) is 4.31. The Morgan fingerprint density at radius 2 is 2.25 bits per heavy atom. The lowest BCUT2D eigenvalue weighted by atomic mass is 9.99. The van der Waals surface area contributed by atoms with E-state index in [1.54, 1.807) is 6.07 Å². The molecule has 1 atom stereocenters. The number of benzene rings is 1. The highest BCUT2D eigenvalue weighted by atomic mass is 19.1. The fourth-order valence-electron chi connectivity index (χ4n) is 2.16. The van der Waals surface area contributed by atoms with Gasteiger partial charge < -0.3 is 16.0 Å². The predicted molar refractivity (Wildman–Crippen MR) is 73.6 cm³/mol. The Hall–Kier alpha value is -1.95. The quantitative estimate of drug-likeness (QED) is 0.766. The van der Waals surface area contributed by atoms with Gasteiger partial charge in [0.15, 0.2) is 0 Å². The average molecular weight is 279 g/mol. The van der Waals surface area contributed by atoms with Crippen molar-refractivity contribution in [1.29, 1.82) is 0 Å². The first kappa shape index (κ1) is 14.5. The van der Waals surface area contributed by atoms with Gasteiger partial charge >= 0.3 is 0 Å². The van der Waals surface area contributed by atoms with Gasteiger partial charge in [-0.1, -0.05) is 6.07 Å². The molecule has 0 spiro atoms. The Morgan fingerprint density at radius 1 is 1.40 bits per heavy atom.